The second-order valence-electron chi connectivity index (χ2n) is 5.85. The SMILES string of the molecule is CCN(C(=[Se])c1ccccc1Cc1ccccc1)c1ccc(F)cc1. The van der Waals surface area contributed by atoms with Gasteiger partial charge in [-0.15, -0.1) is 0 Å². The van der Waals surface area contributed by atoms with Crippen molar-refractivity contribution in [2.24, 2.45) is 0 Å². The number of anilines is 1. The second-order valence-corrected chi connectivity index (χ2v) is 6.66. The maximum absolute atomic E-state index is 13.3. The number of benzene rings is 3. The Morgan fingerprint density at radius 1 is 0.880 bits per heavy atom. The first kappa shape index (κ1) is 17.6. The molecule has 0 aliphatic rings. The average Bonchev–Trinajstić information content (AvgIpc) is 2.65. The van der Waals surface area contributed by atoms with Crippen molar-refractivity contribution in [3.63, 3.8) is 0 Å². The van der Waals surface area contributed by atoms with Crippen LogP contribution in [0.3, 0.4) is 0 Å². The zero-order chi connectivity index (χ0) is 17.6. The van der Waals surface area contributed by atoms with Gasteiger partial charge in [0.05, 0.1) is 0 Å². The first-order valence-electron chi connectivity index (χ1n) is 8.38. The summed E-state index contributed by atoms with van der Waals surface area (Å²) in [6.07, 6.45) is 0.878. The van der Waals surface area contributed by atoms with Gasteiger partial charge < -0.3 is 0 Å². The first-order valence-corrected chi connectivity index (χ1v) is 9.24. The third-order valence-electron chi connectivity index (χ3n) is 4.18. The predicted molar refractivity (Wildman–Crippen MR) is 105 cm³/mol. The van der Waals surface area contributed by atoms with E-state index in [1.807, 2.05) is 18.2 Å². The molecule has 0 bridgehead atoms. The summed E-state index contributed by atoms with van der Waals surface area (Å²) in [5, 5.41) is 0. The Morgan fingerprint density at radius 3 is 2.20 bits per heavy atom. The number of halogens is 1. The summed E-state index contributed by atoms with van der Waals surface area (Å²) in [6, 6.07) is 25.5. The normalized spacial score (nSPS) is 10.5. The third-order valence-corrected chi connectivity index (χ3v) is 5.11. The summed E-state index contributed by atoms with van der Waals surface area (Å²) in [5.74, 6) is -0.217. The average molecular weight is 396 g/mol. The Balaban J connectivity index is 1.92. The molecule has 0 fully saturated rings. The van der Waals surface area contributed by atoms with E-state index in [1.54, 1.807) is 0 Å². The molecule has 25 heavy (non-hydrogen) atoms. The van der Waals surface area contributed by atoms with Crippen molar-refractivity contribution in [2.45, 2.75) is 13.3 Å². The van der Waals surface area contributed by atoms with Gasteiger partial charge in [-0.3, -0.25) is 0 Å². The Hall–Kier alpha value is -2.22. The van der Waals surface area contributed by atoms with Gasteiger partial charge >= 0.3 is 156 Å². The maximum atomic E-state index is 13.3. The van der Waals surface area contributed by atoms with Crippen molar-refractivity contribution in [1.29, 1.82) is 0 Å². The van der Waals surface area contributed by atoms with Crippen LogP contribution in [0.2, 0.25) is 0 Å². The summed E-state index contributed by atoms with van der Waals surface area (Å²) in [7, 11) is 0. The molecule has 0 aliphatic heterocycles. The molecule has 1 nitrogen and oxygen atoms in total. The van der Waals surface area contributed by atoms with Gasteiger partial charge in [0.2, 0.25) is 0 Å². The van der Waals surface area contributed by atoms with Crippen LogP contribution >= 0.6 is 0 Å². The molecule has 0 saturated carbocycles. The monoisotopic (exact) mass is 397 g/mol. The standard InChI is InChI=1S/C22H20FNSe/c1-2-24(20-14-12-19(23)13-15-20)22(25)21-11-7-6-10-18(21)16-17-8-4-3-5-9-17/h3-15H,2,16H2,1H3. The minimum absolute atomic E-state index is 0.217. The van der Waals surface area contributed by atoms with Crippen LogP contribution in [0.15, 0.2) is 78.9 Å². The van der Waals surface area contributed by atoms with E-state index < -0.39 is 0 Å². The summed E-state index contributed by atoms with van der Waals surface area (Å²) in [6.45, 7) is 2.90. The minimum atomic E-state index is -0.217. The van der Waals surface area contributed by atoms with Crippen LogP contribution in [0.4, 0.5) is 10.1 Å². The van der Waals surface area contributed by atoms with Crippen LogP contribution in [-0.2, 0) is 6.42 Å². The van der Waals surface area contributed by atoms with E-state index in [-0.39, 0.29) is 5.82 Å². The fourth-order valence-electron chi connectivity index (χ4n) is 2.91. The van der Waals surface area contributed by atoms with Gasteiger partial charge in [-0.1, -0.05) is 0 Å². The summed E-state index contributed by atoms with van der Waals surface area (Å²) >= 11 is 3.23. The first-order chi connectivity index (χ1) is 12.2. The van der Waals surface area contributed by atoms with E-state index >= 15 is 0 Å². The van der Waals surface area contributed by atoms with Gasteiger partial charge in [-0.05, 0) is 0 Å². The van der Waals surface area contributed by atoms with Crippen molar-refractivity contribution < 1.29 is 4.39 Å². The van der Waals surface area contributed by atoms with Crippen molar-refractivity contribution in [1.82, 2.24) is 0 Å². The van der Waals surface area contributed by atoms with E-state index in [0.29, 0.717) is 0 Å². The van der Waals surface area contributed by atoms with Gasteiger partial charge in [0.25, 0.3) is 0 Å². The van der Waals surface area contributed by atoms with Crippen molar-refractivity contribution in [3.8, 4) is 0 Å². The van der Waals surface area contributed by atoms with Gasteiger partial charge in [-0.25, -0.2) is 0 Å². The molecule has 0 aromatic heterocycles. The fraction of sp³-hybridized carbons (Fsp3) is 0.136. The number of hydrogen-bond acceptors (Lipinski definition) is 1. The van der Waals surface area contributed by atoms with Crippen LogP contribution in [0.25, 0.3) is 0 Å². The van der Waals surface area contributed by atoms with Gasteiger partial charge in [0, 0.05) is 0 Å². The Kier molecular flexibility index (Phi) is 5.80. The van der Waals surface area contributed by atoms with Crippen molar-refractivity contribution >= 4 is 25.8 Å². The van der Waals surface area contributed by atoms with Crippen LogP contribution < -0.4 is 4.90 Å². The molecule has 0 N–H and O–H groups in total. The molecular formula is C22H20FNSe. The third kappa shape index (κ3) is 4.25. The molecule has 0 spiro atoms. The molecule has 0 aliphatic carbocycles. The van der Waals surface area contributed by atoms with Crippen LogP contribution in [0.1, 0.15) is 23.6 Å². The van der Waals surface area contributed by atoms with E-state index in [0.717, 1.165) is 23.2 Å². The molecule has 3 aromatic carbocycles. The topological polar surface area (TPSA) is 3.24 Å². The molecular weight excluding hydrogens is 376 g/mol. The number of nitrogens with zero attached hydrogens (tertiary/aromatic N) is 1. The Labute approximate surface area is 156 Å². The van der Waals surface area contributed by atoms with E-state index in [9.17, 15) is 4.39 Å². The van der Waals surface area contributed by atoms with E-state index in [4.69, 9.17) is 0 Å². The van der Waals surface area contributed by atoms with Gasteiger partial charge in [0.15, 0.2) is 0 Å². The molecule has 0 amide bonds. The quantitative estimate of drug-likeness (QED) is 0.551. The molecule has 126 valence electrons. The molecule has 0 heterocycles. The predicted octanol–water partition coefficient (Wildman–Crippen LogP) is 4.59. The second kappa shape index (κ2) is 8.24. The van der Waals surface area contributed by atoms with E-state index in [1.165, 1.54) is 28.8 Å². The molecule has 3 rings (SSSR count). The molecule has 3 heteroatoms. The van der Waals surface area contributed by atoms with Crippen LogP contribution in [0, 0.1) is 5.82 Å². The summed E-state index contributed by atoms with van der Waals surface area (Å²) < 4.78 is 14.3. The van der Waals surface area contributed by atoms with Gasteiger partial charge in [0.1, 0.15) is 0 Å². The molecule has 0 radical (unpaired) electrons. The molecule has 0 unspecified atom stereocenters. The van der Waals surface area contributed by atoms with Crippen molar-refractivity contribution in [2.75, 3.05) is 11.4 Å². The fourth-order valence-corrected chi connectivity index (χ4v) is 3.82. The van der Waals surface area contributed by atoms with E-state index in [2.05, 4.69) is 75.9 Å². The molecule has 0 saturated heterocycles. The molecule has 0 atom stereocenters. The van der Waals surface area contributed by atoms with Crippen molar-refractivity contribution in [3.05, 3.63) is 101 Å². The zero-order valence-electron chi connectivity index (χ0n) is 14.2. The summed E-state index contributed by atoms with van der Waals surface area (Å²) in [4.78, 5) is 2.17. The number of rotatable bonds is 6. The number of hydrogen-bond donors (Lipinski definition) is 0. The Morgan fingerprint density at radius 2 is 1.52 bits per heavy atom. The van der Waals surface area contributed by atoms with Crippen LogP contribution in [0.5, 0.6) is 0 Å². The zero-order valence-corrected chi connectivity index (χ0v) is 15.9. The summed E-state index contributed by atoms with van der Waals surface area (Å²) in [5.41, 5.74) is 4.71. The van der Waals surface area contributed by atoms with Gasteiger partial charge in [-0.2, -0.15) is 0 Å². The molecule has 3 aromatic rings. The van der Waals surface area contributed by atoms with Crippen LogP contribution in [-0.4, -0.2) is 26.7 Å². The Bertz CT molecular complexity index is 843.